The summed E-state index contributed by atoms with van der Waals surface area (Å²) >= 11 is 0. The second kappa shape index (κ2) is 9.05. The van der Waals surface area contributed by atoms with Crippen LogP contribution >= 0.6 is 0 Å². The highest BCUT2D eigenvalue weighted by molar-refractivity contribution is 5.67. The van der Waals surface area contributed by atoms with Gasteiger partial charge < -0.3 is 14.8 Å². The first-order valence-corrected chi connectivity index (χ1v) is 6.11. The largest absolute Gasteiger partial charge is 0.444 e. The van der Waals surface area contributed by atoms with E-state index in [4.69, 9.17) is 9.47 Å². The number of nitrogens with one attached hydrogen (secondary N) is 1. The Labute approximate surface area is 104 Å². The molecule has 0 saturated carbocycles. The van der Waals surface area contributed by atoms with Crippen molar-refractivity contribution in [1.82, 2.24) is 5.32 Å². The zero-order valence-corrected chi connectivity index (χ0v) is 11.3. The maximum atomic E-state index is 11.3. The number of hydrogen-bond acceptors (Lipinski definition) is 3. The van der Waals surface area contributed by atoms with E-state index >= 15 is 0 Å². The summed E-state index contributed by atoms with van der Waals surface area (Å²) < 4.78 is 10.4. The first-order valence-electron chi connectivity index (χ1n) is 6.11. The van der Waals surface area contributed by atoms with E-state index in [9.17, 15) is 4.79 Å². The van der Waals surface area contributed by atoms with Crippen LogP contribution in [0.3, 0.4) is 0 Å². The SMILES string of the molecule is C=CCOCCCCCNC(=O)OC(C)(C)C. The summed E-state index contributed by atoms with van der Waals surface area (Å²) in [6.07, 6.45) is 4.37. The molecule has 0 aliphatic carbocycles. The number of unbranched alkanes of at least 4 members (excludes halogenated alkanes) is 2. The Kier molecular flexibility index (Phi) is 8.50. The van der Waals surface area contributed by atoms with Gasteiger partial charge in [-0.05, 0) is 40.0 Å². The molecule has 0 saturated heterocycles. The topological polar surface area (TPSA) is 47.6 Å². The summed E-state index contributed by atoms with van der Waals surface area (Å²) in [4.78, 5) is 11.3. The van der Waals surface area contributed by atoms with Crippen LogP contribution in [0.15, 0.2) is 12.7 Å². The van der Waals surface area contributed by atoms with Crippen molar-refractivity contribution in [3.05, 3.63) is 12.7 Å². The molecule has 0 spiro atoms. The molecule has 1 N–H and O–H groups in total. The molecule has 0 aromatic carbocycles. The maximum Gasteiger partial charge on any atom is 0.407 e. The Hall–Kier alpha value is -1.03. The molecule has 0 unspecified atom stereocenters. The monoisotopic (exact) mass is 243 g/mol. The van der Waals surface area contributed by atoms with Crippen molar-refractivity contribution in [1.29, 1.82) is 0 Å². The standard InChI is InChI=1S/C13H25NO3/c1-5-10-16-11-8-6-7-9-14-12(15)17-13(2,3)4/h5H,1,6-11H2,2-4H3,(H,14,15). The molecule has 0 aromatic heterocycles. The molecule has 0 aliphatic rings. The van der Waals surface area contributed by atoms with E-state index in [1.807, 2.05) is 20.8 Å². The predicted octanol–water partition coefficient (Wildman–Crippen LogP) is 2.88. The van der Waals surface area contributed by atoms with Crippen LogP contribution in [0.5, 0.6) is 0 Å². The summed E-state index contributed by atoms with van der Waals surface area (Å²) in [6, 6.07) is 0. The van der Waals surface area contributed by atoms with Crippen molar-refractivity contribution >= 4 is 6.09 Å². The fourth-order valence-electron chi connectivity index (χ4n) is 1.18. The van der Waals surface area contributed by atoms with Gasteiger partial charge in [0, 0.05) is 13.2 Å². The third-order valence-corrected chi connectivity index (χ3v) is 1.87. The normalized spacial score (nSPS) is 11.0. The smallest absolute Gasteiger partial charge is 0.407 e. The first-order chi connectivity index (χ1) is 7.95. The van der Waals surface area contributed by atoms with Crippen molar-refractivity contribution in [2.24, 2.45) is 0 Å². The van der Waals surface area contributed by atoms with Crippen LogP contribution in [-0.2, 0) is 9.47 Å². The van der Waals surface area contributed by atoms with Gasteiger partial charge in [-0.15, -0.1) is 6.58 Å². The average molecular weight is 243 g/mol. The van der Waals surface area contributed by atoms with Gasteiger partial charge in [-0.2, -0.15) is 0 Å². The second-order valence-corrected chi connectivity index (χ2v) is 4.85. The van der Waals surface area contributed by atoms with Crippen LogP contribution in [-0.4, -0.2) is 31.5 Å². The van der Waals surface area contributed by atoms with Crippen LogP contribution in [0.1, 0.15) is 40.0 Å². The molecular formula is C13H25NO3. The lowest BCUT2D eigenvalue weighted by Crippen LogP contribution is -2.33. The predicted molar refractivity (Wildman–Crippen MR) is 69.1 cm³/mol. The van der Waals surface area contributed by atoms with Gasteiger partial charge in [-0.3, -0.25) is 0 Å². The minimum absolute atomic E-state index is 0.347. The molecule has 4 nitrogen and oxygen atoms in total. The number of ether oxygens (including phenoxy) is 2. The van der Waals surface area contributed by atoms with Crippen molar-refractivity contribution in [2.45, 2.75) is 45.6 Å². The second-order valence-electron chi connectivity index (χ2n) is 4.85. The van der Waals surface area contributed by atoms with E-state index in [1.54, 1.807) is 6.08 Å². The summed E-state index contributed by atoms with van der Waals surface area (Å²) in [5.41, 5.74) is -0.428. The van der Waals surface area contributed by atoms with E-state index in [0.29, 0.717) is 13.2 Å². The summed E-state index contributed by atoms with van der Waals surface area (Å²) in [5.74, 6) is 0. The van der Waals surface area contributed by atoms with Crippen LogP contribution in [0, 0.1) is 0 Å². The summed E-state index contributed by atoms with van der Waals surface area (Å²) in [6.45, 7) is 11.1. The van der Waals surface area contributed by atoms with E-state index < -0.39 is 5.60 Å². The van der Waals surface area contributed by atoms with E-state index in [1.165, 1.54) is 0 Å². The Bertz CT molecular complexity index is 221. The molecule has 1 amide bonds. The summed E-state index contributed by atoms with van der Waals surface area (Å²) in [5, 5.41) is 2.72. The Morgan fingerprint density at radius 3 is 2.59 bits per heavy atom. The van der Waals surface area contributed by atoms with Gasteiger partial charge in [0.25, 0.3) is 0 Å². The number of carbonyl (C=O) groups excluding carboxylic acids is 1. The number of alkyl carbamates (subject to hydrolysis) is 1. The number of carbonyl (C=O) groups is 1. The molecule has 0 aromatic rings. The number of amides is 1. The molecule has 0 bridgehead atoms. The van der Waals surface area contributed by atoms with Crippen molar-refractivity contribution in [2.75, 3.05) is 19.8 Å². The lowest BCUT2D eigenvalue weighted by molar-refractivity contribution is 0.0526. The molecule has 4 heteroatoms. The molecule has 0 rings (SSSR count). The molecule has 0 radical (unpaired) electrons. The Morgan fingerprint density at radius 2 is 2.00 bits per heavy atom. The molecule has 0 aliphatic heterocycles. The highest BCUT2D eigenvalue weighted by atomic mass is 16.6. The highest BCUT2D eigenvalue weighted by Crippen LogP contribution is 2.06. The first kappa shape index (κ1) is 16.0. The van der Waals surface area contributed by atoms with E-state index in [-0.39, 0.29) is 6.09 Å². The fraction of sp³-hybridized carbons (Fsp3) is 0.769. The highest BCUT2D eigenvalue weighted by Gasteiger charge is 2.15. The quantitative estimate of drug-likeness (QED) is 0.526. The fourth-order valence-corrected chi connectivity index (χ4v) is 1.18. The zero-order valence-electron chi connectivity index (χ0n) is 11.3. The molecule has 17 heavy (non-hydrogen) atoms. The third-order valence-electron chi connectivity index (χ3n) is 1.87. The van der Waals surface area contributed by atoms with Crippen molar-refractivity contribution in [3.8, 4) is 0 Å². The van der Waals surface area contributed by atoms with Gasteiger partial charge >= 0.3 is 6.09 Å². The van der Waals surface area contributed by atoms with Crippen molar-refractivity contribution < 1.29 is 14.3 Å². The number of hydrogen-bond donors (Lipinski definition) is 1. The lowest BCUT2D eigenvalue weighted by atomic mass is 10.2. The average Bonchev–Trinajstić information content (AvgIpc) is 2.19. The molecule has 0 atom stereocenters. The van der Waals surface area contributed by atoms with Crippen LogP contribution in [0.25, 0.3) is 0 Å². The third kappa shape index (κ3) is 12.9. The van der Waals surface area contributed by atoms with Crippen molar-refractivity contribution in [3.63, 3.8) is 0 Å². The van der Waals surface area contributed by atoms with Gasteiger partial charge in [0.2, 0.25) is 0 Å². The van der Waals surface area contributed by atoms with Gasteiger partial charge in [0.1, 0.15) is 5.60 Å². The minimum atomic E-state index is -0.428. The maximum absolute atomic E-state index is 11.3. The molecule has 100 valence electrons. The zero-order chi connectivity index (χ0) is 13.1. The van der Waals surface area contributed by atoms with Gasteiger partial charge in [0.15, 0.2) is 0 Å². The van der Waals surface area contributed by atoms with Gasteiger partial charge in [-0.25, -0.2) is 4.79 Å². The minimum Gasteiger partial charge on any atom is -0.444 e. The Balaban J connectivity index is 3.28. The van der Waals surface area contributed by atoms with E-state index in [2.05, 4.69) is 11.9 Å². The molecule has 0 fully saturated rings. The van der Waals surface area contributed by atoms with Gasteiger partial charge in [0.05, 0.1) is 6.61 Å². The molecule has 0 heterocycles. The van der Waals surface area contributed by atoms with E-state index in [0.717, 1.165) is 25.9 Å². The lowest BCUT2D eigenvalue weighted by Gasteiger charge is -2.19. The van der Waals surface area contributed by atoms with Crippen LogP contribution in [0.4, 0.5) is 4.79 Å². The number of rotatable bonds is 8. The van der Waals surface area contributed by atoms with Gasteiger partial charge in [-0.1, -0.05) is 6.08 Å². The summed E-state index contributed by atoms with van der Waals surface area (Å²) in [7, 11) is 0. The Morgan fingerprint density at radius 1 is 1.29 bits per heavy atom. The molecular weight excluding hydrogens is 218 g/mol. The van der Waals surface area contributed by atoms with Crippen LogP contribution in [0.2, 0.25) is 0 Å². The van der Waals surface area contributed by atoms with Crippen LogP contribution < -0.4 is 5.32 Å².